The molecular weight excluding hydrogens is 256 g/mol. The van der Waals surface area contributed by atoms with E-state index in [4.69, 9.17) is 0 Å². The van der Waals surface area contributed by atoms with Crippen LogP contribution in [0.2, 0.25) is 0 Å². The standard InChI is InChI=1S/C19H32N2/c1-18(2,14-21(5)6)13-20-17-11-12-19(3,4)16-10-8-7-9-15(16)17/h7-10,17,20H,11-14H2,1-6H3. The lowest BCUT2D eigenvalue weighted by Gasteiger charge is -2.39. The van der Waals surface area contributed by atoms with E-state index >= 15 is 0 Å². The Morgan fingerprint density at radius 3 is 2.57 bits per heavy atom. The largest absolute Gasteiger partial charge is 0.309 e. The van der Waals surface area contributed by atoms with Gasteiger partial charge in [0.2, 0.25) is 0 Å². The molecule has 1 aliphatic rings. The summed E-state index contributed by atoms with van der Waals surface area (Å²) in [4.78, 5) is 2.28. The van der Waals surface area contributed by atoms with Gasteiger partial charge < -0.3 is 10.2 Å². The van der Waals surface area contributed by atoms with Crippen molar-refractivity contribution < 1.29 is 0 Å². The average molecular weight is 288 g/mol. The third kappa shape index (κ3) is 4.08. The van der Waals surface area contributed by atoms with Crippen LogP contribution in [0.15, 0.2) is 24.3 Å². The highest BCUT2D eigenvalue weighted by atomic mass is 15.1. The number of nitrogens with one attached hydrogen (secondary N) is 1. The summed E-state index contributed by atoms with van der Waals surface area (Å²) in [6.45, 7) is 11.6. The Hall–Kier alpha value is -0.860. The molecule has 0 spiro atoms. The fourth-order valence-electron chi connectivity index (χ4n) is 3.74. The Bertz CT molecular complexity index is 474. The van der Waals surface area contributed by atoms with E-state index in [2.05, 4.69) is 76.3 Å². The van der Waals surface area contributed by atoms with Crippen LogP contribution >= 0.6 is 0 Å². The van der Waals surface area contributed by atoms with Gasteiger partial charge in [0, 0.05) is 19.1 Å². The predicted molar refractivity (Wildman–Crippen MR) is 91.8 cm³/mol. The topological polar surface area (TPSA) is 15.3 Å². The molecule has 0 fully saturated rings. The summed E-state index contributed by atoms with van der Waals surface area (Å²) in [6, 6.07) is 9.50. The molecule has 118 valence electrons. The molecule has 1 aliphatic carbocycles. The minimum atomic E-state index is 0.297. The minimum Gasteiger partial charge on any atom is -0.309 e. The lowest BCUT2D eigenvalue weighted by atomic mass is 9.71. The van der Waals surface area contributed by atoms with E-state index in [-0.39, 0.29) is 0 Å². The van der Waals surface area contributed by atoms with Gasteiger partial charge in [0.15, 0.2) is 0 Å². The molecule has 2 nitrogen and oxygen atoms in total. The summed E-state index contributed by atoms with van der Waals surface area (Å²) in [6.07, 6.45) is 2.50. The molecule has 0 bridgehead atoms. The zero-order chi connectivity index (χ0) is 15.7. The van der Waals surface area contributed by atoms with E-state index in [1.54, 1.807) is 0 Å². The molecule has 1 aromatic rings. The summed E-state index contributed by atoms with van der Waals surface area (Å²) >= 11 is 0. The highest BCUT2D eigenvalue weighted by molar-refractivity contribution is 5.38. The van der Waals surface area contributed by atoms with E-state index in [1.165, 1.54) is 24.0 Å². The van der Waals surface area contributed by atoms with Crippen molar-refractivity contribution in [2.75, 3.05) is 27.2 Å². The molecule has 2 heteroatoms. The zero-order valence-electron chi connectivity index (χ0n) is 14.7. The Labute approximate surface area is 130 Å². The Morgan fingerprint density at radius 2 is 1.90 bits per heavy atom. The monoisotopic (exact) mass is 288 g/mol. The van der Waals surface area contributed by atoms with Crippen LogP contribution in [0.1, 0.15) is 57.7 Å². The maximum absolute atomic E-state index is 3.83. The Kier molecular flexibility index (Phi) is 4.79. The van der Waals surface area contributed by atoms with Gasteiger partial charge in [0.1, 0.15) is 0 Å². The maximum Gasteiger partial charge on any atom is 0.0323 e. The number of rotatable bonds is 5. The van der Waals surface area contributed by atoms with E-state index in [0.29, 0.717) is 16.9 Å². The Balaban J connectivity index is 2.09. The number of hydrogen-bond donors (Lipinski definition) is 1. The van der Waals surface area contributed by atoms with E-state index in [1.807, 2.05) is 0 Å². The molecule has 0 saturated heterocycles. The van der Waals surface area contributed by atoms with Gasteiger partial charge in [0.05, 0.1) is 0 Å². The highest BCUT2D eigenvalue weighted by Crippen LogP contribution is 2.41. The number of hydrogen-bond acceptors (Lipinski definition) is 2. The highest BCUT2D eigenvalue weighted by Gasteiger charge is 2.32. The average Bonchev–Trinajstić information content (AvgIpc) is 2.36. The quantitative estimate of drug-likeness (QED) is 0.881. The minimum absolute atomic E-state index is 0.297. The summed E-state index contributed by atoms with van der Waals surface area (Å²) in [7, 11) is 4.31. The van der Waals surface area contributed by atoms with E-state index in [0.717, 1.165) is 13.1 Å². The SMILES string of the molecule is CN(C)CC(C)(C)CNC1CCC(C)(C)c2ccccc21. The molecule has 0 aliphatic heterocycles. The predicted octanol–water partition coefficient (Wildman–Crippen LogP) is 3.98. The van der Waals surface area contributed by atoms with Crippen molar-refractivity contribution in [2.45, 2.75) is 52.0 Å². The summed E-state index contributed by atoms with van der Waals surface area (Å²) < 4.78 is 0. The molecule has 0 aromatic heterocycles. The first-order chi connectivity index (χ1) is 9.71. The molecule has 21 heavy (non-hydrogen) atoms. The van der Waals surface area contributed by atoms with Crippen molar-refractivity contribution >= 4 is 0 Å². The van der Waals surface area contributed by atoms with Gasteiger partial charge in [-0.3, -0.25) is 0 Å². The number of fused-ring (bicyclic) bond motifs is 1. The first-order valence-corrected chi connectivity index (χ1v) is 8.19. The van der Waals surface area contributed by atoms with Gasteiger partial charge >= 0.3 is 0 Å². The molecule has 2 rings (SSSR count). The zero-order valence-corrected chi connectivity index (χ0v) is 14.7. The van der Waals surface area contributed by atoms with Crippen LogP contribution in [-0.2, 0) is 5.41 Å². The first kappa shape index (κ1) is 16.5. The maximum atomic E-state index is 3.83. The van der Waals surface area contributed by atoms with Crippen molar-refractivity contribution in [3.63, 3.8) is 0 Å². The van der Waals surface area contributed by atoms with Crippen molar-refractivity contribution in [3.8, 4) is 0 Å². The van der Waals surface area contributed by atoms with Crippen LogP contribution in [0.25, 0.3) is 0 Å². The fourth-order valence-corrected chi connectivity index (χ4v) is 3.74. The van der Waals surface area contributed by atoms with Gasteiger partial charge in [-0.2, -0.15) is 0 Å². The van der Waals surface area contributed by atoms with Crippen LogP contribution in [-0.4, -0.2) is 32.1 Å². The summed E-state index contributed by atoms with van der Waals surface area (Å²) in [5.74, 6) is 0. The molecule has 1 aromatic carbocycles. The fraction of sp³-hybridized carbons (Fsp3) is 0.684. The summed E-state index contributed by atoms with van der Waals surface area (Å²) in [5.41, 5.74) is 3.65. The molecule has 1 N–H and O–H groups in total. The van der Waals surface area contributed by atoms with Crippen LogP contribution in [0.3, 0.4) is 0 Å². The number of benzene rings is 1. The Morgan fingerprint density at radius 1 is 1.24 bits per heavy atom. The second-order valence-electron chi connectivity index (χ2n) is 8.35. The van der Waals surface area contributed by atoms with Crippen molar-refractivity contribution in [1.82, 2.24) is 10.2 Å². The van der Waals surface area contributed by atoms with E-state index in [9.17, 15) is 0 Å². The van der Waals surface area contributed by atoms with Crippen LogP contribution in [0.5, 0.6) is 0 Å². The first-order valence-electron chi connectivity index (χ1n) is 8.19. The number of nitrogens with zero attached hydrogens (tertiary/aromatic N) is 1. The molecule has 1 unspecified atom stereocenters. The smallest absolute Gasteiger partial charge is 0.0323 e. The van der Waals surface area contributed by atoms with Gasteiger partial charge in [-0.25, -0.2) is 0 Å². The lowest BCUT2D eigenvalue weighted by Crippen LogP contribution is -2.41. The van der Waals surface area contributed by atoms with Gasteiger partial charge in [0.25, 0.3) is 0 Å². The van der Waals surface area contributed by atoms with Crippen LogP contribution < -0.4 is 5.32 Å². The third-order valence-corrected chi connectivity index (χ3v) is 4.69. The van der Waals surface area contributed by atoms with Crippen molar-refractivity contribution in [3.05, 3.63) is 35.4 Å². The molecule has 0 amide bonds. The molecule has 0 heterocycles. The normalized spacial score (nSPS) is 21.4. The molecular formula is C19H32N2. The van der Waals surface area contributed by atoms with Gasteiger partial charge in [-0.05, 0) is 48.9 Å². The van der Waals surface area contributed by atoms with Gasteiger partial charge in [-0.1, -0.05) is 52.0 Å². The van der Waals surface area contributed by atoms with E-state index < -0.39 is 0 Å². The second-order valence-corrected chi connectivity index (χ2v) is 8.35. The third-order valence-electron chi connectivity index (χ3n) is 4.69. The molecule has 0 saturated carbocycles. The van der Waals surface area contributed by atoms with Crippen LogP contribution in [0.4, 0.5) is 0 Å². The summed E-state index contributed by atoms with van der Waals surface area (Å²) in [5, 5.41) is 3.83. The van der Waals surface area contributed by atoms with Crippen LogP contribution in [0, 0.1) is 5.41 Å². The van der Waals surface area contributed by atoms with Crippen molar-refractivity contribution in [2.24, 2.45) is 5.41 Å². The van der Waals surface area contributed by atoms with Crippen molar-refractivity contribution in [1.29, 1.82) is 0 Å². The molecule has 0 radical (unpaired) electrons. The lowest BCUT2D eigenvalue weighted by molar-refractivity contribution is 0.218. The van der Waals surface area contributed by atoms with Gasteiger partial charge in [-0.15, -0.1) is 0 Å². The second kappa shape index (κ2) is 6.10. The molecule has 1 atom stereocenters.